The lowest BCUT2D eigenvalue weighted by Crippen LogP contribution is -2.33. The van der Waals surface area contributed by atoms with Crippen LogP contribution >= 0.6 is 7.60 Å². The number of aliphatic hydroxyl groups is 1. The molecule has 0 aliphatic heterocycles. The highest BCUT2D eigenvalue weighted by Gasteiger charge is 2.25. The SMILES string of the molecule is CCCCCCCCCCCCCCCCCCOCCCOP(=O)(CC[C@@H](CO)NCc1c[nH]c2c(=O)[nH]c(=O)[nH]c12)OCC. The molecule has 2 atom stereocenters. The Hall–Kier alpha value is -1.75. The number of fused-ring (bicyclic) bond motifs is 1. The van der Waals surface area contributed by atoms with Crippen LogP contribution in [0.1, 0.15) is 135 Å². The van der Waals surface area contributed by atoms with E-state index in [2.05, 4.69) is 27.2 Å². The van der Waals surface area contributed by atoms with Crippen LogP contribution in [0.25, 0.3) is 11.0 Å². The number of hydrogen-bond acceptors (Lipinski definition) is 8. The normalized spacial score (nSPS) is 13.8. The van der Waals surface area contributed by atoms with Gasteiger partial charge in [0.05, 0.1) is 31.5 Å². The predicted molar refractivity (Wildman–Crippen MR) is 187 cm³/mol. The summed E-state index contributed by atoms with van der Waals surface area (Å²) in [6.07, 6.45) is 24.4. The maximum Gasteiger partial charge on any atom is 0.330 e. The van der Waals surface area contributed by atoms with E-state index in [-0.39, 0.29) is 37.5 Å². The maximum atomic E-state index is 13.2. The third-order valence-corrected chi connectivity index (χ3v) is 10.4. The molecule has 46 heavy (non-hydrogen) atoms. The zero-order valence-electron chi connectivity index (χ0n) is 28.7. The van der Waals surface area contributed by atoms with Gasteiger partial charge in [0.2, 0.25) is 0 Å². The number of aliphatic hydroxyl groups excluding tert-OH is 1. The second kappa shape index (κ2) is 25.3. The first-order valence-corrected chi connectivity index (χ1v) is 19.8. The molecule has 0 saturated heterocycles. The number of unbranched alkanes of at least 4 members (excludes halogenated alkanes) is 15. The lowest BCUT2D eigenvalue weighted by atomic mass is 10.0. The second-order valence-electron chi connectivity index (χ2n) is 12.4. The van der Waals surface area contributed by atoms with E-state index < -0.39 is 18.8 Å². The van der Waals surface area contributed by atoms with Gasteiger partial charge in [-0.3, -0.25) is 14.3 Å². The molecule has 0 aromatic carbocycles. The number of ether oxygens (including phenoxy) is 1. The molecule has 0 fully saturated rings. The fourth-order valence-electron chi connectivity index (χ4n) is 5.64. The van der Waals surface area contributed by atoms with E-state index in [0.717, 1.165) is 13.0 Å². The van der Waals surface area contributed by atoms with Crippen molar-refractivity contribution in [2.45, 2.75) is 142 Å². The highest BCUT2D eigenvalue weighted by Crippen LogP contribution is 2.49. The van der Waals surface area contributed by atoms with Crippen molar-refractivity contribution in [3.8, 4) is 0 Å². The summed E-state index contributed by atoms with van der Waals surface area (Å²) in [5.41, 5.74) is 0.292. The van der Waals surface area contributed by atoms with Crippen molar-refractivity contribution in [2.24, 2.45) is 0 Å². The van der Waals surface area contributed by atoms with Crippen LogP contribution in [0.2, 0.25) is 0 Å². The van der Waals surface area contributed by atoms with E-state index in [1.165, 1.54) is 96.3 Å². The maximum absolute atomic E-state index is 13.2. The summed E-state index contributed by atoms with van der Waals surface area (Å²) in [6.45, 7) is 6.01. The molecule has 2 aromatic rings. The first-order chi connectivity index (χ1) is 22.4. The summed E-state index contributed by atoms with van der Waals surface area (Å²) in [7, 11) is -3.32. The van der Waals surface area contributed by atoms with Crippen LogP contribution in [0.5, 0.6) is 0 Å². The Morgan fingerprint density at radius 3 is 1.93 bits per heavy atom. The Morgan fingerprint density at radius 1 is 0.761 bits per heavy atom. The van der Waals surface area contributed by atoms with Crippen molar-refractivity contribution < 1.29 is 23.5 Å². The van der Waals surface area contributed by atoms with Crippen LogP contribution in [0, 0.1) is 0 Å². The van der Waals surface area contributed by atoms with Gasteiger partial charge in [-0.2, -0.15) is 0 Å². The Labute approximate surface area is 275 Å². The Bertz CT molecular complexity index is 1200. The van der Waals surface area contributed by atoms with E-state index in [9.17, 15) is 19.3 Å². The smallest absolute Gasteiger partial charge is 0.330 e. The van der Waals surface area contributed by atoms with Crippen molar-refractivity contribution in [3.63, 3.8) is 0 Å². The van der Waals surface area contributed by atoms with Gasteiger partial charge >= 0.3 is 13.3 Å². The van der Waals surface area contributed by atoms with Crippen LogP contribution in [0.15, 0.2) is 15.8 Å². The molecule has 5 N–H and O–H groups in total. The standard InChI is InChI=1S/C34H63N4O7P/c1-3-5-6-7-8-9-10-11-12-13-14-15-16-17-18-19-22-43-23-20-24-45-46(42,44-4-2)25-21-30(28-39)35-26-29-27-36-32-31(29)37-34(41)38-33(32)40/h27,30,35-36,39H,3-26,28H2,1-2H3,(H2,37,38,40,41)/t30-,46?/m0/s1. The molecule has 266 valence electrons. The van der Waals surface area contributed by atoms with E-state index >= 15 is 0 Å². The van der Waals surface area contributed by atoms with Crippen molar-refractivity contribution in [1.82, 2.24) is 20.3 Å². The monoisotopic (exact) mass is 670 g/mol. The van der Waals surface area contributed by atoms with Gasteiger partial charge in [0.15, 0.2) is 0 Å². The quantitative estimate of drug-likeness (QED) is 0.0413. The summed E-state index contributed by atoms with van der Waals surface area (Å²) in [4.78, 5) is 31.2. The molecule has 0 aliphatic carbocycles. The highest BCUT2D eigenvalue weighted by molar-refractivity contribution is 7.53. The van der Waals surface area contributed by atoms with Gasteiger partial charge in [0, 0.05) is 37.6 Å². The first kappa shape index (κ1) is 40.4. The minimum Gasteiger partial charge on any atom is -0.395 e. The molecule has 0 aliphatic rings. The lowest BCUT2D eigenvalue weighted by molar-refractivity contribution is 0.111. The molecular weight excluding hydrogens is 607 g/mol. The fraction of sp³-hybridized carbons (Fsp3) is 0.824. The molecule has 2 heterocycles. The minimum absolute atomic E-state index is 0.156. The Kier molecular flexibility index (Phi) is 22.2. The molecule has 0 amide bonds. The van der Waals surface area contributed by atoms with Gasteiger partial charge < -0.3 is 34.2 Å². The number of rotatable bonds is 31. The molecule has 1 unspecified atom stereocenters. The van der Waals surface area contributed by atoms with Gasteiger partial charge in [-0.15, -0.1) is 0 Å². The fourth-order valence-corrected chi connectivity index (χ4v) is 7.41. The van der Waals surface area contributed by atoms with Crippen molar-refractivity contribution in [3.05, 3.63) is 32.6 Å². The number of aromatic nitrogens is 3. The molecule has 12 heteroatoms. The van der Waals surface area contributed by atoms with Gasteiger partial charge in [-0.25, -0.2) is 4.79 Å². The third kappa shape index (κ3) is 17.4. The average Bonchev–Trinajstić information content (AvgIpc) is 3.45. The van der Waals surface area contributed by atoms with Crippen LogP contribution in [0.3, 0.4) is 0 Å². The molecule has 11 nitrogen and oxygen atoms in total. The zero-order chi connectivity index (χ0) is 33.3. The summed E-state index contributed by atoms with van der Waals surface area (Å²) in [6, 6.07) is -0.376. The van der Waals surface area contributed by atoms with Crippen molar-refractivity contribution in [2.75, 3.05) is 39.2 Å². The van der Waals surface area contributed by atoms with E-state index in [1.807, 2.05) is 0 Å². The summed E-state index contributed by atoms with van der Waals surface area (Å²) >= 11 is 0. The summed E-state index contributed by atoms with van der Waals surface area (Å²) in [5.74, 6) is 0. The number of hydrogen-bond donors (Lipinski definition) is 5. The number of H-pyrrole nitrogens is 3. The van der Waals surface area contributed by atoms with E-state index in [0.29, 0.717) is 37.1 Å². The third-order valence-electron chi connectivity index (χ3n) is 8.40. The predicted octanol–water partition coefficient (Wildman–Crippen LogP) is 7.30. The molecular formula is C34H63N4O7P. The molecule has 0 bridgehead atoms. The summed E-state index contributed by atoms with van der Waals surface area (Å²) in [5, 5.41) is 13.1. The van der Waals surface area contributed by atoms with Crippen LogP contribution in [-0.4, -0.2) is 65.3 Å². The van der Waals surface area contributed by atoms with Crippen LogP contribution in [0.4, 0.5) is 0 Å². The summed E-state index contributed by atoms with van der Waals surface area (Å²) < 4.78 is 30.2. The molecule has 2 aromatic heterocycles. The zero-order valence-corrected chi connectivity index (χ0v) is 29.6. The van der Waals surface area contributed by atoms with Crippen molar-refractivity contribution >= 4 is 18.6 Å². The first-order valence-electron chi connectivity index (χ1n) is 18.0. The second-order valence-corrected chi connectivity index (χ2v) is 14.6. The topological polar surface area (TPSA) is 159 Å². The molecule has 2 rings (SSSR count). The van der Waals surface area contributed by atoms with Gasteiger partial charge in [-0.05, 0) is 26.2 Å². The Balaban J connectivity index is 1.47. The number of aromatic amines is 3. The van der Waals surface area contributed by atoms with Crippen LogP contribution < -0.4 is 16.6 Å². The van der Waals surface area contributed by atoms with Crippen LogP contribution in [-0.2, 0) is 24.9 Å². The lowest BCUT2D eigenvalue weighted by Gasteiger charge is -2.21. The van der Waals surface area contributed by atoms with E-state index in [1.54, 1.807) is 13.1 Å². The molecule has 0 spiro atoms. The van der Waals surface area contributed by atoms with Gasteiger partial charge in [0.1, 0.15) is 5.52 Å². The van der Waals surface area contributed by atoms with Crippen molar-refractivity contribution in [1.29, 1.82) is 0 Å². The van der Waals surface area contributed by atoms with E-state index in [4.69, 9.17) is 13.8 Å². The Morgan fingerprint density at radius 2 is 1.35 bits per heavy atom. The number of nitrogens with one attached hydrogen (secondary N) is 4. The van der Waals surface area contributed by atoms with Gasteiger partial charge in [-0.1, -0.05) is 103 Å². The highest BCUT2D eigenvalue weighted by atomic mass is 31.2. The average molecular weight is 671 g/mol. The molecule has 0 radical (unpaired) electrons. The van der Waals surface area contributed by atoms with Gasteiger partial charge in [0.25, 0.3) is 5.56 Å². The minimum atomic E-state index is -3.32. The largest absolute Gasteiger partial charge is 0.395 e. The molecule has 0 saturated carbocycles.